The van der Waals surface area contributed by atoms with Crippen LogP contribution in [0.15, 0.2) is 18.5 Å². The number of nitrogens with zero attached hydrogens (tertiary/aromatic N) is 1. The smallest absolute Gasteiger partial charge is 0.321 e. The van der Waals surface area contributed by atoms with Gasteiger partial charge in [0.15, 0.2) is 0 Å². The summed E-state index contributed by atoms with van der Waals surface area (Å²) in [5.74, 6) is -0.970. The van der Waals surface area contributed by atoms with Crippen LogP contribution in [0.2, 0.25) is 0 Å². The minimum absolute atomic E-state index is 0.400. The van der Waals surface area contributed by atoms with Crippen molar-refractivity contribution >= 4 is 17.7 Å². The molecule has 0 aliphatic rings. The molecule has 0 unspecified atom stereocenters. The van der Waals surface area contributed by atoms with E-state index in [0.29, 0.717) is 11.3 Å². The maximum Gasteiger partial charge on any atom is 0.321 e. The lowest BCUT2D eigenvalue weighted by atomic mass is 10.1. The predicted octanol–water partition coefficient (Wildman–Crippen LogP) is 1.64. The van der Waals surface area contributed by atoms with E-state index < -0.39 is 22.6 Å². The second kappa shape index (κ2) is 5.46. The highest BCUT2D eigenvalue weighted by molar-refractivity contribution is 7.99. The third-order valence-electron chi connectivity index (χ3n) is 2.39. The Morgan fingerprint density at radius 3 is 2.82 bits per heavy atom. The van der Waals surface area contributed by atoms with E-state index in [4.69, 9.17) is 10.8 Å². The van der Waals surface area contributed by atoms with Gasteiger partial charge in [-0.25, -0.2) is 4.39 Å². The van der Waals surface area contributed by atoms with Crippen LogP contribution in [0.25, 0.3) is 0 Å². The number of carboxylic acid groups (broad SMARTS) is 1. The summed E-state index contributed by atoms with van der Waals surface area (Å²) in [7, 11) is 0. The van der Waals surface area contributed by atoms with E-state index in [1.807, 2.05) is 0 Å². The van der Waals surface area contributed by atoms with Gasteiger partial charge in [0.2, 0.25) is 0 Å². The molecule has 0 aliphatic heterocycles. The standard InChI is InChI=1S/C11H15FN2O2S/c1-11(2,9(13)10(15)16)17-6-7-3-8(12)5-14-4-7/h3-5,9H,6,13H2,1-2H3,(H,15,16)/t9-/m1/s1. The van der Waals surface area contributed by atoms with Gasteiger partial charge in [-0.3, -0.25) is 9.78 Å². The van der Waals surface area contributed by atoms with Crippen LogP contribution in [-0.2, 0) is 10.5 Å². The van der Waals surface area contributed by atoms with Crippen molar-refractivity contribution in [1.29, 1.82) is 0 Å². The maximum atomic E-state index is 12.9. The molecule has 0 saturated heterocycles. The first-order valence-electron chi connectivity index (χ1n) is 5.04. The summed E-state index contributed by atoms with van der Waals surface area (Å²) in [4.78, 5) is 14.5. The van der Waals surface area contributed by atoms with Crippen LogP contribution < -0.4 is 5.73 Å². The predicted molar refractivity (Wildman–Crippen MR) is 65.2 cm³/mol. The molecule has 1 aromatic heterocycles. The van der Waals surface area contributed by atoms with Crippen LogP contribution in [0.3, 0.4) is 0 Å². The Hall–Kier alpha value is -1.14. The number of aliphatic carboxylic acids is 1. The molecule has 0 spiro atoms. The van der Waals surface area contributed by atoms with Crippen molar-refractivity contribution in [3.05, 3.63) is 29.8 Å². The maximum absolute atomic E-state index is 12.9. The van der Waals surface area contributed by atoms with Crippen LogP contribution in [0, 0.1) is 5.82 Å². The highest BCUT2D eigenvalue weighted by Crippen LogP contribution is 2.30. The van der Waals surface area contributed by atoms with E-state index in [1.54, 1.807) is 20.0 Å². The normalized spacial score (nSPS) is 13.4. The van der Waals surface area contributed by atoms with Gasteiger partial charge in [-0.2, -0.15) is 0 Å². The Labute approximate surface area is 103 Å². The van der Waals surface area contributed by atoms with Gasteiger partial charge in [0, 0.05) is 16.7 Å². The fraction of sp³-hybridized carbons (Fsp3) is 0.455. The van der Waals surface area contributed by atoms with Gasteiger partial charge in [0.25, 0.3) is 0 Å². The highest BCUT2D eigenvalue weighted by atomic mass is 32.2. The number of carbonyl (C=O) groups is 1. The summed E-state index contributed by atoms with van der Waals surface area (Å²) in [6, 6.07) is 0.413. The summed E-state index contributed by atoms with van der Waals surface area (Å²) < 4.78 is 12.3. The fourth-order valence-electron chi connectivity index (χ4n) is 1.19. The highest BCUT2D eigenvalue weighted by Gasteiger charge is 2.32. The molecule has 3 N–H and O–H groups in total. The zero-order valence-corrected chi connectivity index (χ0v) is 10.5. The van der Waals surface area contributed by atoms with E-state index >= 15 is 0 Å². The molecule has 17 heavy (non-hydrogen) atoms. The van der Waals surface area contributed by atoms with Crippen LogP contribution in [-0.4, -0.2) is 26.8 Å². The Morgan fingerprint density at radius 2 is 2.29 bits per heavy atom. The zero-order valence-electron chi connectivity index (χ0n) is 9.68. The van der Waals surface area contributed by atoms with Crippen molar-refractivity contribution in [2.24, 2.45) is 5.73 Å². The first kappa shape index (κ1) is 13.9. The largest absolute Gasteiger partial charge is 0.480 e. The molecule has 94 valence electrons. The Bertz CT molecular complexity index is 412. The first-order valence-corrected chi connectivity index (χ1v) is 6.03. The summed E-state index contributed by atoms with van der Waals surface area (Å²) in [5.41, 5.74) is 6.29. The van der Waals surface area contributed by atoms with Gasteiger partial charge in [-0.05, 0) is 25.5 Å². The number of nitrogens with two attached hydrogens (primary N) is 1. The quantitative estimate of drug-likeness (QED) is 0.839. The Morgan fingerprint density at radius 1 is 1.65 bits per heavy atom. The number of pyridine rings is 1. The average Bonchev–Trinajstić information content (AvgIpc) is 2.25. The van der Waals surface area contributed by atoms with Crippen LogP contribution in [0.1, 0.15) is 19.4 Å². The van der Waals surface area contributed by atoms with Crippen LogP contribution in [0.4, 0.5) is 4.39 Å². The molecular formula is C11H15FN2O2S. The van der Waals surface area contributed by atoms with Gasteiger partial charge >= 0.3 is 5.97 Å². The van der Waals surface area contributed by atoms with Crippen molar-refractivity contribution in [3.8, 4) is 0 Å². The molecule has 1 heterocycles. The van der Waals surface area contributed by atoms with Gasteiger partial charge in [0.05, 0.1) is 6.20 Å². The molecule has 1 atom stereocenters. The second-order valence-corrected chi connectivity index (χ2v) is 5.85. The van der Waals surface area contributed by atoms with Crippen LogP contribution in [0.5, 0.6) is 0 Å². The third-order valence-corrected chi connectivity index (χ3v) is 3.86. The van der Waals surface area contributed by atoms with E-state index in [1.165, 1.54) is 17.8 Å². The summed E-state index contributed by atoms with van der Waals surface area (Å²) in [5, 5.41) is 8.85. The lowest BCUT2D eigenvalue weighted by Crippen LogP contribution is -2.46. The summed E-state index contributed by atoms with van der Waals surface area (Å²) >= 11 is 1.36. The van der Waals surface area contributed by atoms with E-state index in [2.05, 4.69) is 4.98 Å². The topological polar surface area (TPSA) is 76.2 Å². The first-order chi connectivity index (χ1) is 7.83. The van der Waals surface area contributed by atoms with Crippen molar-refractivity contribution in [2.75, 3.05) is 0 Å². The number of aromatic nitrogens is 1. The molecule has 0 fully saturated rings. The molecular weight excluding hydrogens is 243 g/mol. The fourth-order valence-corrected chi connectivity index (χ4v) is 2.17. The molecule has 0 saturated carbocycles. The molecule has 1 rings (SSSR count). The number of hydrogen-bond acceptors (Lipinski definition) is 4. The zero-order chi connectivity index (χ0) is 13.1. The van der Waals surface area contributed by atoms with Crippen molar-refractivity contribution < 1.29 is 14.3 Å². The minimum Gasteiger partial charge on any atom is -0.480 e. The van der Waals surface area contributed by atoms with Gasteiger partial charge in [-0.15, -0.1) is 11.8 Å². The molecule has 0 amide bonds. The summed E-state index contributed by atoms with van der Waals surface area (Å²) in [6.45, 7) is 3.51. The van der Waals surface area contributed by atoms with E-state index in [0.717, 1.165) is 6.20 Å². The average molecular weight is 258 g/mol. The molecule has 0 radical (unpaired) electrons. The third kappa shape index (κ3) is 3.98. The molecule has 0 bridgehead atoms. The van der Waals surface area contributed by atoms with Crippen molar-refractivity contribution in [2.45, 2.75) is 30.4 Å². The number of carboxylic acids is 1. The Kier molecular flexibility index (Phi) is 4.47. The van der Waals surface area contributed by atoms with Crippen LogP contribution >= 0.6 is 11.8 Å². The van der Waals surface area contributed by atoms with Crippen molar-refractivity contribution in [1.82, 2.24) is 4.98 Å². The molecule has 4 nitrogen and oxygen atoms in total. The molecule has 0 aromatic carbocycles. The lowest BCUT2D eigenvalue weighted by Gasteiger charge is -2.27. The number of halogens is 1. The van der Waals surface area contributed by atoms with Crippen molar-refractivity contribution in [3.63, 3.8) is 0 Å². The molecule has 6 heteroatoms. The number of thioether (sulfide) groups is 1. The Balaban J connectivity index is 2.64. The minimum atomic E-state index is -1.04. The van der Waals surface area contributed by atoms with Gasteiger partial charge in [-0.1, -0.05) is 0 Å². The molecule has 1 aromatic rings. The number of hydrogen-bond donors (Lipinski definition) is 2. The lowest BCUT2D eigenvalue weighted by molar-refractivity contribution is -0.139. The van der Waals surface area contributed by atoms with Gasteiger partial charge in [0.1, 0.15) is 11.9 Å². The van der Waals surface area contributed by atoms with Gasteiger partial charge < -0.3 is 10.8 Å². The SMILES string of the molecule is CC(C)(SCc1cncc(F)c1)[C@H](N)C(=O)O. The van der Waals surface area contributed by atoms with E-state index in [9.17, 15) is 9.18 Å². The van der Waals surface area contributed by atoms with E-state index in [-0.39, 0.29) is 0 Å². The number of rotatable bonds is 5. The summed E-state index contributed by atoms with van der Waals surface area (Å²) in [6.07, 6.45) is 2.68. The molecule has 0 aliphatic carbocycles. The second-order valence-electron chi connectivity index (χ2n) is 4.22. The monoisotopic (exact) mass is 258 g/mol.